The largest absolute Gasteiger partial charge is 0.463 e. The van der Waals surface area contributed by atoms with Crippen molar-refractivity contribution in [1.82, 2.24) is 0 Å². The number of carbonyl (C=O) groups is 1. The molecule has 0 N–H and O–H groups in total. The first-order valence-corrected chi connectivity index (χ1v) is 5.08. The van der Waals surface area contributed by atoms with Crippen molar-refractivity contribution < 1.29 is 9.53 Å². The Morgan fingerprint density at radius 1 is 1.69 bits per heavy atom. The molecule has 1 rings (SSSR count). The van der Waals surface area contributed by atoms with Gasteiger partial charge in [0.1, 0.15) is 0 Å². The van der Waals surface area contributed by atoms with Crippen LogP contribution in [0.3, 0.4) is 0 Å². The van der Waals surface area contributed by atoms with Crippen molar-refractivity contribution in [2.45, 2.75) is 45.6 Å². The normalized spacial score (nSPS) is 23.1. The molecule has 0 bridgehead atoms. The van der Waals surface area contributed by atoms with Crippen LogP contribution < -0.4 is 0 Å². The number of esters is 1. The SMILES string of the molecule is CCC(C)OC(=O)CC1C=CCC1. The van der Waals surface area contributed by atoms with Crippen molar-refractivity contribution in [3.8, 4) is 0 Å². The van der Waals surface area contributed by atoms with Crippen LogP contribution in [0.2, 0.25) is 0 Å². The number of rotatable bonds is 4. The molecule has 0 aliphatic heterocycles. The number of carbonyl (C=O) groups excluding carboxylic acids is 1. The summed E-state index contributed by atoms with van der Waals surface area (Å²) in [5, 5.41) is 0. The highest BCUT2D eigenvalue weighted by atomic mass is 16.5. The average molecular weight is 182 g/mol. The van der Waals surface area contributed by atoms with Gasteiger partial charge >= 0.3 is 5.97 Å². The summed E-state index contributed by atoms with van der Waals surface area (Å²) in [7, 11) is 0. The van der Waals surface area contributed by atoms with E-state index in [0.29, 0.717) is 12.3 Å². The van der Waals surface area contributed by atoms with E-state index in [0.717, 1.165) is 19.3 Å². The van der Waals surface area contributed by atoms with E-state index >= 15 is 0 Å². The molecule has 0 saturated heterocycles. The fraction of sp³-hybridized carbons (Fsp3) is 0.727. The van der Waals surface area contributed by atoms with Gasteiger partial charge in [-0.3, -0.25) is 4.79 Å². The molecule has 0 saturated carbocycles. The van der Waals surface area contributed by atoms with Crippen LogP contribution in [0.15, 0.2) is 12.2 Å². The van der Waals surface area contributed by atoms with Crippen LogP contribution in [-0.2, 0) is 9.53 Å². The van der Waals surface area contributed by atoms with Gasteiger partial charge in [-0.25, -0.2) is 0 Å². The molecular formula is C11H18O2. The Kier molecular flexibility index (Phi) is 4.00. The molecule has 2 atom stereocenters. The van der Waals surface area contributed by atoms with E-state index in [1.54, 1.807) is 0 Å². The van der Waals surface area contributed by atoms with E-state index in [9.17, 15) is 4.79 Å². The maximum atomic E-state index is 11.3. The first kappa shape index (κ1) is 10.3. The van der Waals surface area contributed by atoms with Crippen LogP contribution in [0, 0.1) is 5.92 Å². The maximum Gasteiger partial charge on any atom is 0.306 e. The monoisotopic (exact) mass is 182 g/mol. The molecule has 0 aromatic carbocycles. The minimum Gasteiger partial charge on any atom is -0.463 e. The van der Waals surface area contributed by atoms with Gasteiger partial charge < -0.3 is 4.74 Å². The summed E-state index contributed by atoms with van der Waals surface area (Å²) < 4.78 is 5.19. The minimum atomic E-state index is -0.0501. The van der Waals surface area contributed by atoms with Gasteiger partial charge in [0.25, 0.3) is 0 Å². The quantitative estimate of drug-likeness (QED) is 0.493. The Morgan fingerprint density at radius 3 is 3.00 bits per heavy atom. The summed E-state index contributed by atoms with van der Waals surface area (Å²) in [6.45, 7) is 3.95. The highest BCUT2D eigenvalue weighted by Crippen LogP contribution is 2.20. The van der Waals surface area contributed by atoms with Gasteiger partial charge in [-0.15, -0.1) is 0 Å². The molecule has 0 aromatic rings. The van der Waals surface area contributed by atoms with Crippen LogP contribution >= 0.6 is 0 Å². The van der Waals surface area contributed by atoms with Gasteiger partial charge in [0.05, 0.1) is 12.5 Å². The fourth-order valence-corrected chi connectivity index (χ4v) is 1.44. The lowest BCUT2D eigenvalue weighted by atomic mass is 10.1. The lowest BCUT2D eigenvalue weighted by Crippen LogP contribution is -2.15. The Bertz CT molecular complexity index is 196. The van der Waals surface area contributed by atoms with Crippen molar-refractivity contribution >= 4 is 5.97 Å². The van der Waals surface area contributed by atoms with E-state index in [-0.39, 0.29) is 12.1 Å². The van der Waals surface area contributed by atoms with E-state index in [1.807, 2.05) is 13.8 Å². The highest BCUT2D eigenvalue weighted by Gasteiger charge is 2.16. The summed E-state index contributed by atoms with van der Waals surface area (Å²) in [6, 6.07) is 0. The first-order valence-electron chi connectivity index (χ1n) is 5.08. The molecule has 1 aliphatic carbocycles. The molecule has 74 valence electrons. The summed E-state index contributed by atoms with van der Waals surface area (Å²) in [4.78, 5) is 11.3. The molecule has 2 nitrogen and oxygen atoms in total. The number of allylic oxidation sites excluding steroid dienone is 2. The molecule has 13 heavy (non-hydrogen) atoms. The summed E-state index contributed by atoms with van der Waals surface area (Å²) >= 11 is 0. The zero-order valence-corrected chi connectivity index (χ0v) is 8.45. The third-order valence-electron chi connectivity index (χ3n) is 2.45. The van der Waals surface area contributed by atoms with Gasteiger partial charge in [-0.1, -0.05) is 19.1 Å². The molecule has 0 radical (unpaired) electrons. The van der Waals surface area contributed by atoms with Gasteiger partial charge in [-0.05, 0) is 32.1 Å². The number of ether oxygens (including phenoxy) is 1. The predicted octanol–water partition coefficient (Wildman–Crippen LogP) is 2.68. The Balaban J connectivity index is 2.20. The second kappa shape index (κ2) is 5.05. The Labute approximate surface area is 80.0 Å². The summed E-state index contributed by atoms with van der Waals surface area (Å²) in [6.07, 6.45) is 8.00. The molecule has 0 heterocycles. The van der Waals surface area contributed by atoms with Crippen LogP contribution in [0.4, 0.5) is 0 Å². The number of hydrogen-bond donors (Lipinski definition) is 0. The van der Waals surface area contributed by atoms with Gasteiger partial charge in [0.15, 0.2) is 0 Å². The Hall–Kier alpha value is -0.790. The maximum absolute atomic E-state index is 11.3. The van der Waals surface area contributed by atoms with Crippen LogP contribution in [0.1, 0.15) is 39.5 Å². The zero-order chi connectivity index (χ0) is 9.68. The van der Waals surface area contributed by atoms with E-state index in [4.69, 9.17) is 4.74 Å². The molecule has 1 aliphatic rings. The second-order valence-electron chi connectivity index (χ2n) is 3.68. The fourth-order valence-electron chi connectivity index (χ4n) is 1.44. The average Bonchev–Trinajstić information content (AvgIpc) is 2.56. The van der Waals surface area contributed by atoms with Crippen molar-refractivity contribution in [1.29, 1.82) is 0 Å². The topological polar surface area (TPSA) is 26.3 Å². The van der Waals surface area contributed by atoms with Gasteiger partial charge in [0.2, 0.25) is 0 Å². The van der Waals surface area contributed by atoms with E-state index < -0.39 is 0 Å². The van der Waals surface area contributed by atoms with Crippen LogP contribution in [0.25, 0.3) is 0 Å². The standard InChI is InChI=1S/C11H18O2/c1-3-9(2)13-11(12)8-10-6-4-5-7-10/h4,6,9-10H,3,5,7-8H2,1-2H3. The molecule has 0 aromatic heterocycles. The lowest BCUT2D eigenvalue weighted by Gasteiger charge is -2.12. The van der Waals surface area contributed by atoms with Crippen LogP contribution in [-0.4, -0.2) is 12.1 Å². The van der Waals surface area contributed by atoms with Gasteiger partial charge in [-0.2, -0.15) is 0 Å². The molecule has 0 amide bonds. The zero-order valence-electron chi connectivity index (χ0n) is 8.45. The van der Waals surface area contributed by atoms with E-state index in [1.165, 1.54) is 0 Å². The molecular weight excluding hydrogens is 164 g/mol. The summed E-state index contributed by atoms with van der Waals surface area (Å²) in [5.41, 5.74) is 0. The second-order valence-corrected chi connectivity index (χ2v) is 3.68. The predicted molar refractivity (Wildman–Crippen MR) is 52.3 cm³/mol. The third-order valence-corrected chi connectivity index (χ3v) is 2.45. The molecule has 0 fully saturated rings. The van der Waals surface area contributed by atoms with Crippen molar-refractivity contribution in [3.63, 3.8) is 0 Å². The van der Waals surface area contributed by atoms with E-state index in [2.05, 4.69) is 12.2 Å². The van der Waals surface area contributed by atoms with Crippen LogP contribution in [0.5, 0.6) is 0 Å². The minimum absolute atomic E-state index is 0.0501. The smallest absolute Gasteiger partial charge is 0.306 e. The first-order chi connectivity index (χ1) is 6.22. The Morgan fingerprint density at radius 2 is 2.46 bits per heavy atom. The lowest BCUT2D eigenvalue weighted by molar-refractivity contribution is -0.149. The molecule has 0 spiro atoms. The van der Waals surface area contributed by atoms with Crippen molar-refractivity contribution in [2.75, 3.05) is 0 Å². The highest BCUT2D eigenvalue weighted by molar-refractivity contribution is 5.70. The van der Waals surface area contributed by atoms with Crippen molar-refractivity contribution in [2.24, 2.45) is 5.92 Å². The van der Waals surface area contributed by atoms with Gasteiger partial charge in [0, 0.05) is 0 Å². The molecule has 2 heteroatoms. The van der Waals surface area contributed by atoms with Crippen molar-refractivity contribution in [3.05, 3.63) is 12.2 Å². The summed E-state index contributed by atoms with van der Waals surface area (Å²) in [5.74, 6) is 0.377. The number of hydrogen-bond acceptors (Lipinski definition) is 2. The third kappa shape index (κ3) is 3.62. The molecule has 2 unspecified atom stereocenters.